The second kappa shape index (κ2) is 7.18. The molecule has 0 saturated carbocycles. The van der Waals surface area contributed by atoms with Crippen molar-refractivity contribution in [2.45, 2.75) is 12.9 Å². The van der Waals surface area contributed by atoms with Gasteiger partial charge in [-0.2, -0.15) is 0 Å². The van der Waals surface area contributed by atoms with Gasteiger partial charge in [-0.1, -0.05) is 12.1 Å². The summed E-state index contributed by atoms with van der Waals surface area (Å²) < 4.78 is 40.7. The average molecular weight is 332 g/mol. The molecule has 8 heteroatoms. The smallest absolute Gasteiger partial charge is 0.406 e. The molecule has 1 saturated heterocycles. The lowest BCUT2D eigenvalue weighted by molar-refractivity contribution is -0.274. The minimum Gasteiger partial charge on any atom is -0.406 e. The molecule has 1 fully saturated rings. The van der Waals surface area contributed by atoms with Crippen LogP contribution in [0.2, 0.25) is 0 Å². The van der Waals surface area contributed by atoms with Gasteiger partial charge in [0.1, 0.15) is 5.75 Å². The highest BCUT2D eigenvalue weighted by Gasteiger charge is 2.36. The van der Waals surface area contributed by atoms with E-state index in [0.29, 0.717) is 25.2 Å². The van der Waals surface area contributed by atoms with E-state index in [9.17, 15) is 23.1 Å². The summed E-state index contributed by atoms with van der Waals surface area (Å²) in [5, 5.41) is 12.0. The number of halogens is 3. The van der Waals surface area contributed by atoms with Crippen LogP contribution in [0.4, 0.5) is 13.2 Å². The van der Waals surface area contributed by atoms with Gasteiger partial charge in [-0.15, -0.1) is 13.2 Å². The summed E-state index contributed by atoms with van der Waals surface area (Å²) in [6.07, 6.45) is -4.72. The number of aliphatic hydroxyl groups is 1. The van der Waals surface area contributed by atoms with E-state index in [2.05, 4.69) is 10.1 Å². The van der Waals surface area contributed by atoms with Gasteiger partial charge in [-0.05, 0) is 17.7 Å². The van der Waals surface area contributed by atoms with Crippen LogP contribution in [0.3, 0.4) is 0 Å². The van der Waals surface area contributed by atoms with Gasteiger partial charge in [-0.3, -0.25) is 9.69 Å². The summed E-state index contributed by atoms with van der Waals surface area (Å²) in [4.78, 5) is 13.7. The number of nitrogens with one attached hydrogen (secondary N) is 1. The SMILES string of the molecule is CNC(=O)[C@@H]1CN(Cc2cccc(OC(F)(F)F)c2)C[C@H]1CO. The third-order valence-electron chi connectivity index (χ3n) is 3.87. The lowest BCUT2D eigenvalue weighted by atomic mass is 9.96. The van der Waals surface area contributed by atoms with Crippen molar-refractivity contribution in [1.82, 2.24) is 10.2 Å². The number of benzene rings is 1. The molecular formula is C15H19F3N2O3. The van der Waals surface area contributed by atoms with E-state index < -0.39 is 6.36 Å². The molecule has 1 aromatic carbocycles. The Balaban J connectivity index is 2.02. The maximum Gasteiger partial charge on any atom is 0.573 e. The minimum absolute atomic E-state index is 0.105. The van der Waals surface area contributed by atoms with Crippen LogP contribution in [0.25, 0.3) is 0 Å². The molecule has 0 unspecified atom stereocenters. The maximum absolute atomic E-state index is 12.2. The Kier molecular flexibility index (Phi) is 5.48. The number of likely N-dealkylation sites (tertiary alicyclic amines) is 1. The molecule has 1 heterocycles. The summed E-state index contributed by atoms with van der Waals surface area (Å²) in [6.45, 7) is 1.25. The van der Waals surface area contributed by atoms with Gasteiger partial charge in [0.05, 0.1) is 5.92 Å². The van der Waals surface area contributed by atoms with Crippen molar-refractivity contribution in [3.63, 3.8) is 0 Å². The Bertz CT molecular complexity index is 551. The highest BCUT2D eigenvalue weighted by molar-refractivity contribution is 5.79. The lowest BCUT2D eigenvalue weighted by Gasteiger charge is -2.16. The third kappa shape index (κ3) is 4.84. The van der Waals surface area contributed by atoms with Crippen LogP contribution in [0, 0.1) is 11.8 Å². The number of hydrogen-bond donors (Lipinski definition) is 2. The van der Waals surface area contributed by atoms with Crippen molar-refractivity contribution in [3.8, 4) is 5.75 Å². The van der Waals surface area contributed by atoms with E-state index in [1.807, 2.05) is 4.90 Å². The number of amides is 1. The Morgan fingerprint density at radius 3 is 2.78 bits per heavy atom. The molecular weight excluding hydrogens is 313 g/mol. The predicted octanol–water partition coefficient (Wildman–Crippen LogP) is 1.37. The fraction of sp³-hybridized carbons (Fsp3) is 0.533. The Morgan fingerprint density at radius 2 is 2.17 bits per heavy atom. The fourth-order valence-corrected chi connectivity index (χ4v) is 2.86. The number of carbonyl (C=O) groups is 1. The number of nitrogens with zero attached hydrogens (tertiary/aromatic N) is 1. The summed E-state index contributed by atoms with van der Waals surface area (Å²) in [7, 11) is 1.54. The van der Waals surface area contributed by atoms with Crippen molar-refractivity contribution >= 4 is 5.91 Å². The van der Waals surface area contributed by atoms with Crippen LogP contribution in [0.15, 0.2) is 24.3 Å². The van der Waals surface area contributed by atoms with Gasteiger partial charge in [0.15, 0.2) is 0 Å². The Morgan fingerprint density at radius 1 is 1.43 bits per heavy atom. The van der Waals surface area contributed by atoms with E-state index in [-0.39, 0.29) is 30.1 Å². The first-order valence-electron chi connectivity index (χ1n) is 7.22. The molecule has 2 rings (SSSR count). The van der Waals surface area contributed by atoms with E-state index in [1.165, 1.54) is 25.2 Å². The first-order valence-corrected chi connectivity index (χ1v) is 7.22. The van der Waals surface area contributed by atoms with Crippen molar-refractivity contribution in [2.24, 2.45) is 11.8 Å². The average Bonchev–Trinajstić information content (AvgIpc) is 2.88. The molecule has 1 amide bonds. The van der Waals surface area contributed by atoms with Gasteiger partial charge < -0.3 is 15.2 Å². The molecule has 1 aromatic rings. The van der Waals surface area contributed by atoms with Gasteiger partial charge >= 0.3 is 6.36 Å². The zero-order valence-corrected chi connectivity index (χ0v) is 12.6. The van der Waals surface area contributed by atoms with Gasteiger partial charge in [0, 0.05) is 39.2 Å². The molecule has 5 nitrogen and oxygen atoms in total. The molecule has 0 aromatic heterocycles. The quantitative estimate of drug-likeness (QED) is 0.855. The van der Waals surface area contributed by atoms with Gasteiger partial charge in [0.25, 0.3) is 0 Å². The Labute approximate surface area is 132 Å². The monoisotopic (exact) mass is 332 g/mol. The van der Waals surface area contributed by atoms with Crippen molar-refractivity contribution in [3.05, 3.63) is 29.8 Å². The number of aliphatic hydroxyl groups excluding tert-OH is 1. The lowest BCUT2D eigenvalue weighted by Crippen LogP contribution is -2.33. The largest absolute Gasteiger partial charge is 0.573 e. The first kappa shape index (κ1) is 17.6. The topological polar surface area (TPSA) is 61.8 Å². The second-order valence-corrected chi connectivity index (χ2v) is 5.55. The maximum atomic E-state index is 12.2. The number of carbonyl (C=O) groups excluding carboxylic acids is 1. The van der Waals surface area contributed by atoms with E-state index in [4.69, 9.17) is 0 Å². The zero-order valence-electron chi connectivity index (χ0n) is 12.6. The molecule has 1 aliphatic rings. The highest BCUT2D eigenvalue weighted by Crippen LogP contribution is 2.27. The highest BCUT2D eigenvalue weighted by atomic mass is 19.4. The van der Waals surface area contributed by atoms with E-state index in [0.717, 1.165) is 0 Å². The van der Waals surface area contributed by atoms with Crippen LogP contribution >= 0.6 is 0 Å². The molecule has 0 aliphatic carbocycles. The minimum atomic E-state index is -4.72. The van der Waals surface area contributed by atoms with E-state index in [1.54, 1.807) is 6.07 Å². The molecule has 2 N–H and O–H groups in total. The zero-order chi connectivity index (χ0) is 17.0. The van der Waals surface area contributed by atoms with Crippen molar-refractivity contribution in [2.75, 3.05) is 26.7 Å². The van der Waals surface area contributed by atoms with Crippen molar-refractivity contribution < 1.29 is 27.8 Å². The fourth-order valence-electron chi connectivity index (χ4n) is 2.86. The summed E-state index contributed by atoms with van der Waals surface area (Å²) in [5.74, 6) is -0.902. The van der Waals surface area contributed by atoms with E-state index >= 15 is 0 Å². The number of rotatable bonds is 5. The van der Waals surface area contributed by atoms with Crippen molar-refractivity contribution in [1.29, 1.82) is 0 Å². The van der Waals surface area contributed by atoms with Gasteiger partial charge in [-0.25, -0.2) is 0 Å². The first-order chi connectivity index (χ1) is 10.8. The summed E-state index contributed by atoms with van der Waals surface area (Å²) in [6, 6.07) is 5.76. The molecule has 1 aliphatic heterocycles. The molecule has 0 radical (unpaired) electrons. The molecule has 128 valence electrons. The normalized spacial score (nSPS) is 22.1. The number of hydrogen-bond acceptors (Lipinski definition) is 4. The van der Waals surface area contributed by atoms with Gasteiger partial charge in [0.2, 0.25) is 5.91 Å². The third-order valence-corrected chi connectivity index (χ3v) is 3.87. The standard InChI is InChI=1S/C15H19F3N2O3/c1-19-14(22)13-8-20(7-11(13)9-21)6-10-3-2-4-12(5-10)23-15(16,17)18/h2-5,11,13,21H,6-9H2,1H3,(H,19,22)/t11-,13+/m0/s1. The Hall–Kier alpha value is -1.80. The van der Waals surface area contributed by atoms with Crippen LogP contribution < -0.4 is 10.1 Å². The number of ether oxygens (including phenoxy) is 1. The molecule has 2 atom stereocenters. The van der Waals surface area contributed by atoms with Crippen LogP contribution in [-0.4, -0.2) is 49.0 Å². The molecule has 23 heavy (non-hydrogen) atoms. The van der Waals surface area contributed by atoms with Crippen LogP contribution in [0.1, 0.15) is 5.56 Å². The number of alkyl halides is 3. The summed E-state index contributed by atoms with van der Waals surface area (Å²) >= 11 is 0. The molecule has 0 bridgehead atoms. The summed E-state index contributed by atoms with van der Waals surface area (Å²) in [5.41, 5.74) is 0.654. The second-order valence-electron chi connectivity index (χ2n) is 5.55. The predicted molar refractivity (Wildman–Crippen MR) is 76.5 cm³/mol. The molecule has 0 spiro atoms. The van der Waals surface area contributed by atoms with Crippen LogP contribution in [0.5, 0.6) is 5.75 Å². The van der Waals surface area contributed by atoms with Crippen LogP contribution in [-0.2, 0) is 11.3 Å².